The molecule has 1 atom stereocenters. The van der Waals surface area contributed by atoms with Crippen molar-refractivity contribution in [2.24, 2.45) is 0 Å². The highest BCUT2D eigenvalue weighted by molar-refractivity contribution is 6.31. The second-order valence-electron chi connectivity index (χ2n) is 4.22. The minimum absolute atomic E-state index is 0.116. The van der Waals surface area contributed by atoms with E-state index in [9.17, 15) is 0 Å². The Kier molecular flexibility index (Phi) is 5.46. The average molecular weight is 296 g/mol. The molecule has 0 amide bonds. The summed E-state index contributed by atoms with van der Waals surface area (Å²) in [6.45, 7) is 4.05. The van der Waals surface area contributed by atoms with Crippen molar-refractivity contribution in [1.82, 2.24) is 25.1 Å². The highest BCUT2D eigenvalue weighted by Crippen LogP contribution is 2.27. The molecule has 0 fully saturated rings. The molecule has 0 aliphatic heterocycles. The molecule has 1 N–H and O–H groups in total. The Labute approximate surface area is 123 Å². The van der Waals surface area contributed by atoms with Gasteiger partial charge in [-0.3, -0.25) is 4.68 Å². The average Bonchev–Trinajstić information content (AvgIpc) is 2.84. The number of hydrogen-bond acceptors (Lipinski definition) is 5. The molecule has 0 spiro atoms. The first-order chi connectivity index (χ1) is 9.77. The Hall–Kier alpha value is -1.50. The molecule has 2 aromatic heterocycles. The van der Waals surface area contributed by atoms with Crippen LogP contribution in [-0.4, -0.2) is 40.0 Å². The number of nitrogens with zero attached hydrogens (tertiary/aromatic N) is 4. The predicted molar refractivity (Wildman–Crippen MR) is 76.7 cm³/mol. The van der Waals surface area contributed by atoms with Crippen molar-refractivity contribution in [1.29, 1.82) is 0 Å². The summed E-state index contributed by atoms with van der Waals surface area (Å²) >= 11 is 6.30. The number of nitrogens with one attached hydrogen (secondary N) is 1. The van der Waals surface area contributed by atoms with Crippen LogP contribution in [0.5, 0.6) is 0 Å². The highest BCUT2D eigenvalue weighted by atomic mass is 35.5. The second-order valence-corrected chi connectivity index (χ2v) is 4.63. The minimum atomic E-state index is -0.116. The summed E-state index contributed by atoms with van der Waals surface area (Å²) in [6.07, 6.45) is 4.90. The van der Waals surface area contributed by atoms with E-state index in [2.05, 4.69) is 20.4 Å². The molecule has 0 aromatic carbocycles. The Morgan fingerprint density at radius 3 is 3.00 bits per heavy atom. The van der Waals surface area contributed by atoms with Gasteiger partial charge in [0.25, 0.3) is 0 Å². The van der Waals surface area contributed by atoms with Gasteiger partial charge in [0.05, 0.1) is 41.8 Å². The van der Waals surface area contributed by atoms with Gasteiger partial charge in [0.15, 0.2) is 0 Å². The molecule has 0 radical (unpaired) electrons. The van der Waals surface area contributed by atoms with Gasteiger partial charge >= 0.3 is 0 Å². The largest absolute Gasteiger partial charge is 0.383 e. The van der Waals surface area contributed by atoms with E-state index >= 15 is 0 Å². The molecule has 0 aliphatic rings. The monoisotopic (exact) mass is 295 g/mol. The molecule has 0 saturated carbocycles. The third kappa shape index (κ3) is 3.33. The van der Waals surface area contributed by atoms with Crippen molar-refractivity contribution in [3.8, 4) is 0 Å². The quantitative estimate of drug-likeness (QED) is 0.842. The van der Waals surface area contributed by atoms with Crippen LogP contribution in [0.3, 0.4) is 0 Å². The van der Waals surface area contributed by atoms with E-state index in [0.717, 1.165) is 17.9 Å². The van der Waals surface area contributed by atoms with Gasteiger partial charge < -0.3 is 10.1 Å². The molecule has 1 unspecified atom stereocenters. The zero-order valence-electron chi connectivity index (χ0n) is 11.6. The second kappa shape index (κ2) is 7.33. The lowest BCUT2D eigenvalue weighted by molar-refractivity contribution is 0.182. The SMILES string of the molecule is CCNC(c1ccncn1)c1c(Cl)cnn1CCOC. The van der Waals surface area contributed by atoms with Gasteiger partial charge in [-0.05, 0) is 12.6 Å². The van der Waals surface area contributed by atoms with Gasteiger partial charge in [-0.25, -0.2) is 9.97 Å². The topological polar surface area (TPSA) is 64.9 Å². The van der Waals surface area contributed by atoms with E-state index in [1.165, 1.54) is 6.33 Å². The molecule has 0 aliphatic carbocycles. The summed E-state index contributed by atoms with van der Waals surface area (Å²) < 4.78 is 6.95. The van der Waals surface area contributed by atoms with Crippen LogP contribution < -0.4 is 5.32 Å². The molecule has 0 bridgehead atoms. The van der Waals surface area contributed by atoms with Crippen molar-refractivity contribution in [3.05, 3.63) is 41.2 Å². The minimum Gasteiger partial charge on any atom is -0.383 e. The standard InChI is InChI=1S/C13H18ClN5O/c1-3-16-12(11-4-5-15-9-17-11)13-10(14)8-18-19(13)6-7-20-2/h4-5,8-9,12,16H,3,6-7H2,1-2H3. The zero-order chi connectivity index (χ0) is 14.4. The van der Waals surface area contributed by atoms with E-state index in [-0.39, 0.29) is 6.04 Å². The zero-order valence-corrected chi connectivity index (χ0v) is 12.3. The smallest absolute Gasteiger partial charge is 0.115 e. The Morgan fingerprint density at radius 2 is 2.35 bits per heavy atom. The third-order valence-corrected chi connectivity index (χ3v) is 3.21. The molecule has 2 rings (SSSR count). The van der Waals surface area contributed by atoms with Crippen LogP contribution in [0.1, 0.15) is 24.4 Å². The van der Waals surface area contributed by atoms with Crippen molar-refractivity contribution in [3.63, 3.8) is 0 Å². The molecule has 6 nitrogen and oxygen atoms in total. The summed E-state index contributed by atoms with van der Waals surface area (Å²) in [5, 5.41) is 8.30. The van der Waals surface area contributed by atoms with Gasteiger partial charge in [0.2, 0.25) is 0 Å². The number of rotatable bonds is 7. The van der Waals surface area contributed by atoms with E-state index < -0.39 is 0 Å². The van der Waals surface area contributed by atoms with E-state index in [4.69, 9.17) is 16.3 Å². The van der Waals surface area contributed by atoms with Gasteiger partial charge in [-0.2, -0.15) is 5.10 Å². The fourth-order valence-corrected chi connectivity index (χ4v) is 2.28. The molecule has 0 saturated heterocycles. The maximum atomic E-state index is 6.30. The first-order valence-corrected chi connectivity index (χ1v) is 6.85. The normalized spacial score (nSPS) is 12.6. The summed E-state index contributed by atoms with van der Waals surface area (Å²) in [5.74, 6) is 0. The number of halogens is 1. The van der Waals surface area contributed by atoms with E-state index in [0.29, 0.717) is 18.2 Å². The summed E-state index contributed by atoms with van der Waals surface area (Å²) in [6, 6.07) is 1.76. The lowest BCUT2D eigenvalue weighted by Crippen LogP contribution is -2.26. The summed E-state index contributed by atoms with van der Waals surface area (Å²) in [7, 11) is 1.66. The predicted octanol–water partition coefficient (Wildman–Crippen LogP) is 1.67. The van der Waals surface area contributed by atoms with Crippen molar-refractivity contribution in [2.75, 3.05) is 20.3 Å². The number of methoxy groups -OCH3 is 1. The molecule has 108 valence electrons. The maximum absolute atomic E-state index is 6.30. The van der Waals surface area contributed by atoms with Crippen LogP contribution in [0.25, 0.3) is 0 Å². The highest BCUT2D eigenvalue weighted by Gasteiger charge is 2.22. The molecule has 2 heterocycles. The van der Waals surface area contributed by atoms with Gasteiger partial charge in [0.1, 0.15) is 6.33 Å². The Bertz CT molecular complexity index is 531. The van der Waals surface area contributed by atoms with Crippen LogP contribution in [0.2, 0.25) is 5.02 Å². The van der Waals surface area contributed by atoms with Gasteiger partial charge in [0, 0.05) is 13.3 Å². The van der Waals surface area contributed by atoms with Gasteiger partial charge in [-0.1, -0.05) is 18.5 Å². The molecule has 20 heavy (non-hydrogen) atoms. The van der Waals surface area contributed by atoms with Crippen LogP contribution in [-0.2, 0) is 11.3 Å². The number of ether oxygens (including phenoxy) is 1. The fourth-order valence-electron chi connectivity index (χ4n) is 2.03. The summed E-state index contributed by atoms with van der Waals surface area (Å²) in [4.78, 5) is 8.26. The molecule has 2 aromatic rings. The number of hydrogen-bond donors (Lipinski definition) is 1. The molecular weight excluding hydrogens is 278 g/mol. The van der Waals surface area contributed by atoms with Crippen molar-refractivity contribution in [2.45, 2.75) is 19.5 Å². The van der Waals surface area contributed by atoms with Crippen LogP contribution in [0.15, 0.2) is 24.8 Å². The van der Waals surface area contributed by atoms with Crippen LogP contribution in [0.4, 0.5) is 0 Å². The first kappa shape index (κ1) is 14.9. The summed E-state index contributed by atoms with van der Waals surface area (Å²) in [5.41, 5.74) is 1.76. The molecule has 7 heteroatoms. The lowest BCUT2D eigenvalue weighted by atomic mass is 10.1. The third-order valence-electron chi connectivity index (χ3n) is 2.92. The maximum Gasteiger partial charge on any atom is 0.115 e. The van der Waals surface area contributed by atoms with Crippen LogP contribution >= 0.6 is 11.6 Å². The fraction of sp³-hybridized carbons (Fsp3) is 0.462. The van der Waals surface area contributed by atoms with Gasteiger partial charge in [-0.15, -0.1) is 0 Å². The van der Waals surface area contributed by atoms with E-state index in [1.54, 1.807) is 19.5 Å². The number of aromatic nitrogens is 4. The van der Waals surface area contributed by atoms with E-state index in [1.807, 2.05) is 17.7 Å². The Balaban J connectivity index is 2.36. The van der Waals surface area contributed by atoms with Crippen LogP contribution in [0, 0.1) is 0 Å². The van der Waals surface area contributed by atoms with Crippen molar-refractivity contribution >= 4 is 11.6 Å². The first-order valence-electron chi connectivity index (χ1n) is 6.47. The lowest BCUT2D eigenvalue weighted by Gasteiger charge is -2.19. The molecular formula is C13H18ClN5O. The van der Waals surface area contributed by atoms with Crippen molar-refractivity contribution < 1.29 is 4.74 Å². The Morgan fingerprint density at radius 1 is 1.50 bits per heavy atom.